The molecule has 2 rings (SSSR count). The van der Waals surface area contributed by atoms with Crippen molar-refractivity contribution < 1.29 is 12.8 Å². The van der Waals surface area contributed by atoms with Crippen LogP contribution in [-0.4, -0.2) is 31.9 Å². The van der Waals surface area contributed by atoms with Crippen molar-refractivity contribution in [2.75, 3.05) is 13.1 Å². The van der Waals surface area contributed by atoms with E-state index in [0.717, 1.165) is 4.31 Å². The van der Waals surface area contributed by atoms with E-state index in [9.17, 15) is 12.8 Å². The molecule has 88 valence electrons. The van der Waals surface area contributed by atoms with E-state index in [1.807, 2.05) is 0 Å². The lowest BCUT2D eigenvalue weighted by molar-refractivity contribution is 0.264. The fourth-order valence-corrected chi connectivity index (χ4v) is 3.36. The second-order valence-corrected chi connectivity index (χ2v) is 5.95. The number of benzene rings is 1. The normalized spacial score (nSPS) is 18.4. The van der Waals surface area contributed by atoms with Gasteiger partial charge in [-0.3, -0.25) is 0 Å². The average molecular weight is 265 g/mol. The van der Waals surface area contributed by atoms with Crippen LogP contribution in [-0.2, 0) is 10.0 Å². The highest BCUT2D eigenvalue weighted by Gasteiger charge is 2.36. The molecule has 0 aliphatic carbocycles. The van der Waals surface area contributed by atoms with Crippen molar-refractivity contribution in [3.8, 4) is 0 Å². The Hall–Kier alpha value is -0.690. The lowest BCUT2D eigenvalue weighted by Crippen LogP contribution is -2.57. The number of halogens is 2. The summed E-state index contributed by atoms with van der Waals surface area (Å²) in [5, 5.41) is -0.203. The van der Waals surface area contributed by atoms with Crippen molar-refractivity contribution >= 4 is 21.6 Å². The minimum atomic E-state index is -3.79. The fraction of sp³-hybridized carbons (Fsp3) is 0.333. The van der Waals surface area contributed by atoms with Gasteiger partial charge in [-0.1, -0.05) is 17.7 Å². The van der Waals surface area contributed by atoms with Gasteiger partial charge in [0, 0.05) is 19.1 Å². The van der Waals surface area contributed by atoms with Crippen molar-refractivity contribution in [2.45, 2.75) is 10.9 Å². The molecule has 0 amide bonds. The van der Waals surface area contributed by atoms with E-state index < -0.39 is 20.7 Å². The topological polar surface area (TPSA) is 63.4 Å². The van der Waals surface area contributed by atoms with Gasteiger partial charge in [-0.2, -0.15) is 4.31 Å². The maximum Gasteiger partial charge on any atom is 0.246 e. The number of hydrogen-bond acceptors (Lipinski definition) is 3. The summed E-state index contributed by atoms with van der Waals surface area (Å²) in [7, 11) is -3.79. The van der Waals surface area contributed by atoms with Crippen LogP contribution >= 0.6 is 11.6 Å². The first kappa shape index (κ1) is 11.8. The fourth-order valence-electron chi connectivity index (χ4n) is 1.49. The molecule has 4 nitrogen and oxygen atoms in total. The van der Waals surface area contributed by atoms with Crippen LogP contribution in [0.3, 0.4) is 0 Å². The maximum absolute atomic E-state index is 13.5. The van der Waals surface area contributed by atoms with E-state index in [4.69, 9.17) is 17.3 Å². The molecule has 1 fully saturated rings. The van der Waals surface area contributed by atoms with Crippen LogP contribution in [0.2, 0.25) is 5.02 Å². The second kappa shape index (κ2) is 3.96. The largest absolute Gasteiger partial charge is 0.325 e. The molecule has 1 heterocycles. The van der Waals surface area contributed by atoms with Crippen LogP contribution in [0.4, 0.5) is 4.39 Å². The van der Waals surface area contributed by atoms with Gasteiger partial charge in [-0.15, -0.1) is 0 Å². The minimum Gasteiger partial charge on any atom is -0.325 e. The molecule has 0 saturated carbocycles. The second-order valence-electron chi connectivity index (χ2n) is 3.63. The summed E-state index contributed by atoms with van der Waals surface area (Å²) in [4.78, 5) is -0.396. The number of sulfonamides is 1. The van der Waals surface area contributed by atoms with Gasteiger partial charge >= 0.3 is 0 Å². The van der Waals surface area contributed by atoms with Gasteiger partial charge < -0.3 is 5.73 Å². The zero-order valence-electron chi connectivity index (χ0n) is 8.23. The van der Waals surface area contributed by atoms with Crippen molar-refractivity contribution in [3.05, 3.63) is 29.0 Å². The standard InChI is InChI=1S/C9H10ClFN2O2S/c10-7-2-1-3-8(9(7)11)16(14,15)13-4-6(12)5-13/h1-3,6H,4-5,12H2. The highest BCUT2D eigenvalue weighted by Crippen LogP contribution is 2.26. The Labute approximate surface area is 97.8 Å². The Morgan fingerprint density at radius 1 is 1.44 bits per heavy atom. The van der Waals surface area contributed by atoms with Crippen molar-refractivity contribution in [3.63, 3.8) is 0 Å². The third kappa shape index (κ3) is 1.82. The zero-order chi connectivity index (χ0) is 11.9. The Morgan fingerprint density at radius 2 is 2.06 bits per heavy atom. The summed E-state index contributed by atoms with van der Waals surface area (Å²) in [6.45, 7) is 0.433. The van der Waals surface area contributed by atoms with E-state index in [1.54, 1.807) is 0 Å². The molecule has 1 aliphatic heterocycles. The first-order valence-electron chi connectivity index (χ1n) is 4.62. The first-order valence-corrected chi connectivity index (χ1v) is 6.44. The summed E-state index contributed by atoms with van der Waals surface area (Å²) >= 11 is 5.53. The monoisotopic (exact) mass is 264 g/mol. The molecular formula is C9H10ClFN2O2S. The Balaban J connectivity index is 2.40. The molecule has 0 radical (unpaired) electrons. The van der Waals surface area contributed by atoms with E-state index in [0.29, 0.717) is 0 Å². The van der Waals surface area contributed by atoms with Gasteiger partial charge in [0.15, 0.2) is 5.82 Å². The Morgan fingerprint density at radius 3 is 2.62 bits per heavy atom. The van der Waals surface area contributed by atoms with Gasteiger partial charge in [0.05, 0.1) is 5.02 Å². The van der Waals surface area contributed by atoms with Gasteiger partial charge in [-0.25, -0.2) is 12.8 Å². The van der Waals surface area contributed by atoms with Crippen molar-refractivity contribution in [1.29, 1.82) is 0 Å². The smallest absolute Gasteiger partial charge is 0.246 e. The number of rotatable bonds is 2. The van der Waals surface area contributed by atoms with E-state index in [1.165, 1.54) is 18.2 Å². The van der Waals surface area contributed by atoms with E-state index in [2.05, 4.69) is 0 Å². The van der Waals surface area contributed by atoms with Gasteiger partial charge in [0.2, 0.25) is 10.0 Å². The summed E-state index contributed by atoms with van der Waals surface area (Å²) in [5.41, 5.74) is 5.49. The van der Waals surface area contributed by atoms with E-state index >= 15 is 0 Å². The zero-order valence-corrected chi connectivity index (χ0v) is 9.80. The predicted octanol–water partition coefficient (Wildman–Crippen LogP) is 0.811. The van der Waals surface area contributed by atoms with Crippen LogP contribution in [0.25, 0.3) is 0 Å². The van der Waals surface area contributed by atoms with Gasteiger partial charge in [0.25, 0.3) is 0 Å². The summed E-state index contributed by atoms with van der Waals surface area (Å²) in [6.07, 6.45) is 0. The highest BCUT2D eigenvalue weighted by molar-refractivity contribution is 7.89. The third-order valence-electron chi connectivity index (χ3n) is 2.41. The molecule has 0 bridgehead atoms. The Kier molecular flexibility index (Phi) is 2.91. The molecule has 1 saturated heterocycles. The molecule has 1 aromatic carbocycles. The Bertz CT molecular complexity index is 514. The molecule has 0 spiro atoms. The summed E-state index contributed by atoms with van der Waals surface area (Å²) in [6, 6.07) is 3.73. The molecule has 7 heteroatoms. The van der Waals surface area contributed by atoms with Crippen molar-refractivity contribution in [1.82, 2.24) is 4.31 Å². The number of nitrogens with two attached hydrogens (primary N) is 1. The van der Waals surface area contributed by atoms with Gasteiger partial charge in [0.1, 0.15) is 4.90 Å². The molecule has 2 N–H and O–H groups in total. The van der Waals surface area contributed by atoms with E-state index in [-0.39, 0.29) is 24.2 Å². The van der Waals surface area contributed by atoms with Crippen molar-refractivity contribution in [2.24, 2.45) is 5.73 Å². The average Bonchev–Trinajstić information content (AvgIpc) is 2.17. The van der Waals surface area contributed by atoms with Gasteiger partial charge in [-0.05, 0) is 12.1 Å². The minimum absolute atomic E-state index is 0.169. The molecule has 0 aromatic heterocycles. The van der Waals surface area contributed by atoms with Crippen LogP contribution < -0.4 is 5.73 Å². The molecule has 1 aliphatic rings. The lowest BCUT2D eigenvalue weighted by Gasteiger charge is -2.35. The number of nitrogens with zero attached hydrogens (tertiary/aromatic N) is 1. The molecule has 1 aromatic rings. The highest BCUT2D eigenvalue weighted by atomic mass is 35.5. The molecule has 16 heavy (non-hydrogen) atoms. The van der Waals surface area contributed by atoms with Crippen LogP contribution in [0.1, 0.15) is 0 Å². The lowest BCUT2D eigenvalue weighted by atomic mass is 10.2. The van der Waals surface area contributed by atoms with Crippen LogP contribution in [0.5, 0.6) is 0 Å². The molecular weight excluding hydrogens is 255 g/mol. The maximum atomic E-state index is 13.5. The molecule has 0 unspecified atom stereocenters. The summed E-state index contributed by atoms with van der Waals surface area (Å²) < 4.78 is 38.5. The van der Waals surface area contributed by atoms with Crippen LogP contribution in [0.15, 0.2) is 23.1 Å². The predicted molar refractivity (Wildman–Crippen MR) is 58.1 cm³/mol. The SMILES string of the molecule is NC1CN(S(=O)(=O)c2cccc(Cl)c2F)C1. The molecule has 0 atom stereocenters. The quantitative estimate of drug-likeness (QED) is 0.860. The van der Waals surface area contributed by atoms with Crippen LogP contribution in [0, 0.1) is 5.82 Å². The first-order chi connectivity index (χ1) is 7.43. The number of hydrogen-bond donors (Lipinski definition) is 1. The third-order valence-corrected chi connectivity index (χ3v) is 4.55. The summed E-state index contributed by atoms with van der Waals surface area (Å²) in [5.74, 6) is -0.912.